The second-order valence-electron chi connectivity index (χ2n) is 14.4. The lowest BCUT2D eigenvalue weighted by atomic mass is 9.68. The number of fused-ring (bicyclic) bond motifs is 4. The van der Waals surface area contributed by atoms with E-state index in [0.717, 1.165) is 42.5 Å². The standard InChI is InChI=1S/C35H43N5O5S/c1-23-9-6-10-24(2)31(23)28-18-29-37-33(36-28)38-46(43,44)27-12-7-11-25(17-27)32(42)40(26(21-45-29)19-34(3,4)5)20-30(41)39-16-15-35(22-39)13-8-14-35/h6-7,9-12,17-18,26H,8,13-16,19-22H2,1-5H3,(H,36,37,38)/t26-/m1/s1. The Kier molecular flexibility index (Phi) is 8.33. The molecule has 3 aliphatic rings. The van der Waals surface area contributed by atoms with Gasteiger partial charge < -0.3 is 14.5 Å². The van der Waals surface area contributed by atoms with E-state index in [1.165, 1.54) is 24.6 Å². The van der Waals surface area contributed by atoms with Crippen LogP contribution in [0.15, 0.2) is 53.4 Å². The number of sulfonamides is 1. The molecule has 3 aromatic rings. The fraction of sp³-hybridized carbons (Fsp3) is 0.486. The summed E-state index contributed by atoms with van der Waals surface area (Å²) in [7, 11) is -4.18. The minimum absolute atomic E-state index is 0.0509. The normalized spacial score (nSPS) is 20.5. The first kappa shape index (κ1) is 32.0. The molecule has 4 bridgehead atoms. The van der Waals surface area contributed by atoms with Gasteiger partial charge in [0.15, 0.2) is 0 Å². The van der Waals surface area contributed by atoms with Crippen molar-refractivity contribution in [3.63, 3.8) is 0 Å². The van der Waals surface area contributed by atoms with Gasteiger partial charge in [0, 0.05) is 30.3 Å². The maximum Gasteiger partial charge on any atom is 0.264 e. The van der Waals surface area contributed by atoms with Gasteiger partial charge in [-0.05, 0) is 79.7 Å². The molecule has 244 valence electrons. The molecule has 11 heteroatoms. The van der Waals surface area contributed by atoms with Gasteiger partial charge in [0.05, 0.1) is 16.6 Å². The van der Waals surface area contributed by atoms with Gasteiger partial charge >= 0.3 is 0 Å². The SMILES string of the molecule is Cc1cccc(C)c1-c1cc2nc(n1)NS(=O)(=O)c1cccc(c1)C(=O)N(CC(=O)N1CCC3(CCC3)C1)[C@H](CC(C)(C)C)CO2. The van der Waals surface area contributed by atoms with Crippen molar-refractivity contribution in [1.29, 1.82) is 0 Å². The zero-order valence-corrected chi connectivity index (χ0v) is 28.1. The summed E-state index contributed by atoms with van der Waals surface area (Å²) in [5, 5.41) is 0. The number of anilines is 1. The van der Waals surface area contributed by atoms with Crippen LogP contribution in [0.25, 0.3) is 11.3 Å². The first-order valence-electron chi connectivity index (χ1n) is 16.0. The van der Waals surface area contributed by atoms with Crippen LogP contribution >= 0.6 is 0 Å². The number of nitrogens with zero attached hydrogens (tertiary/aromatic N) is 4. The molecule has 2 aromatic carbocycles. The highest BCUT2D eigenvalue weighted by Gasteiger charge is 2.44. The number of hydrogen-bond donors (Lipinski definition) is 1. The Morgan fingerprint density at radius 3 is 2.41 bits per heavy atom. The Hall–Kier alpha value is -3.99. The molecule has 1 N–H and O–H groups in total. The van der Waals surface area contributed by atoms with E-state index in [2.05, 4.69) is 35.5 Å². The summed E-state index contributed by atoms with van der Waals surface area (Å²) >= 11 is 0. The minimum atomic E-state index is -4.18. The number of ether oxygens (including phenoxy) is 1. The summed E-state index contributed by atoms with van der Waals surface area (Å²) < 4.78 is 36.1. The van der Waals surface area contributed by atoms with Crippen LogP contribution in [-0.2, 0) is 14.8 Å². The lowest BCUT2D eigenvalue weighted by Gasteiger charge is -2.38. The van der Waals surface area contributed by atoms with Crippen molar-refractivity contribution in [3.05, 3.63) is 65.2 Å². The van der Waals surface area contributed by atoms with Crippen LogP contribution in [0.4, 0.5) is 5.95 Å². The number of aromatic nitrogens is 2. The van der Waals surface area contributed by atoms with Gasteiger partial charge in [-0.1, -0.05) is 51.5 Å². The van der Waals surface area contributed by atoms with Crippen molar-refractivity contribution in [1.82, 2.24) is 19.8 Å². The van der Waals surface area contributed by atoms with Crippen LogP contribution in [0.3, 0.4) is 0 Å². The number of amides is 2. The van der Waals surface area contributed by atoms with Crippen LogP contribution in [0.1, 0.15) is 74.4 Å². The maximum atomic E-state index is 14.3. The average Bonchev–Trinajstić information content (AvgIpc) is 3.44. The number of rotatable bonds is 4. The smallest absolute Gasteiger partial charge is 0.264 e. The van der Waals surface area contributed by atoms with Crippen molar-refractivity contribution < 1.29 is 22.7 Å². The van der Waals surface area contributed by atoms with Crippen molar-refractivity contribution in [2.75, 3.05) is 31.0 Å². The molecule has 1 aliphatic carbocycles. The molecule has 0 radical (unpaired) electrons. The quantitative estimate of drug-likeness (QED) is 0.392. The second kappa shape index (κ2) is 12.0. The summed E-state index contributed by atoms with van der Waals surface area (Å²) in [4.78, 5) is 40.5. The third kappa shape index (κ3) is 6.61. The van der Waals surface area contributed by atoms with E-state index in [1.54, 1.807) is 17.0 Å². The van der Waals surface area contributed by atoms with Crippen molar-refractivity contribution in [3.8, 4) is 17.1 Å². The molecule has 2 aliphatic heterocycles. The Bertz CT molecular complexity index is 1760. The summed E-state index contributed by atoms with van der Waals surface area (Å²) in [5.74, 6) is -0.494. The molecule has 10 nitrogen and oxygen atoms in total. The number of carbonyl (C=O) groups excluding carboxylic acids is 2. The summed E-state index contributed by atoms with van der Waals surface area (Å²) in [6.07, 6.45) is 5.00. The molecule has 1 saturated heterocycles. The molecule has 2 fully saturated rings. The second-order valence-corrected chi connectivity index (χ2v) is 16.1. The van der Waals surface area contributed by atoms with Crippen molar-refractivity contribution in [2.45, 2.75) is 77.7 Å². The van der Waals surface area contributed by atoms with E-state index in [4.69, 9.17) is 4.74 Å². The highest BCUT2D eigenvalue weighted by Crippen LogP contribution is 2.48. The molecule has 1 atom stereocenters. The first-order valence-corrected chi connectivity index (χ1v) is 17.5. The van der Waals surface area contributed by atoms with Crippen LogP contribution in [-0.4, -0.2) is 72.3 Å². The minimum Gasteiger partial charge on any atom is -0.475 e. The van der Waals surface area contributed by atoms with Crippen molar-refractivity contribution in [2.24, 2.45) is 10.8 Å². The van der Waals surface area contributed by atoms with E-state index >= 15 is 0 Å². The predicted molar refractivity (Wildman–Crippen MR) is 176 cm³/mol. The summed E-state index contributed by atoms with van der Waals surface area (Å²) in [6.45, 7) is 11.5. The van der Waals surface area contributed by atoms with Crippen LogP contribution in [0.2, 0.25) is 0 Å². The Morgan fingerprint density at radius 1 is 1.04 bits per heavy atom. The maximum absolute atomic E-state index is 14.3. The number of likely N-dealkylation sites (tertiary alicyclic amines) is 1. The number of carbonyl (C=O) groups is 2. The lowest BCUT2D eigenvalue weighted by Crippen LogP contribution is -2.50. The summed E-state index contributed by atoms with van der Waals surface area (Å²) in [5.41, 5.74) is 3.48. The Balaban J connectivity index is 1.43. The monoisotopic (exact) mass is 645 g/mol. The molecule has 1 aromatic heterocycles. The lowest BCUT2D eigenvalue weighted by molar-refractivity contribution is -0.132. The van der Waals surface area contributed by atoms with Crippen LogP contribution in [0, 0.1) is 24.7 Å². The Labute approximate surface area is 271 Å². The Morgan fingerprint density at radius 2 is 1.76 bits per heavy atom. The molecule has 2 amide bonds. The first-order chi connectivity index (χ1) is 21.7. The number of aryl methyl sites for hydroxylation is 2. The topological polar surface area (TPSA) is 122 Å². The van der Waals surface area contributed by atoms with E-state index in [-0.39, 0.29) is 52.2 Å². The van der Waals surface area contributed by atoms with Crippen LogP contribution in [0.5, 0.6) is 5.88 Å². The van der Waals surface area contributed by atoms with E-state index in [0.29, 0.717) is 18.7 Å². The highest BCUT2D eigenvalue weighted by atomic mass is 32.2. The van der Waals surface area contributed by atoms with Crippen LogP contribution < -0.4 is 9.46 Å². The zero-order valence-electron chi connectivity index (χ0n) is 27.3. The third-order valence-electron chi connectivity index (χ3n) is 9.54. The molecular formula is C35H43N5O5S. The number of nitrogens with one attached hydrogen (secondary N) is 1. The van der Waals surface area contributed by atoms with Gasteiger partial charge in [0.1, 0.15) is 13.2 Å². The van der Waals surface area contributed by atoms with Gasteiger partial charge in [0.25, 0.3) is 15.9 Å². The largest absolute Gasteiger partial charge is 0.475 e. The average molecular weight is 646 g/mol. The number of benzene rings is 2. The zero-order chi connectivity index (χ0) is 32.9. The van der Waals surface area contributed by atoms with Gasteiger partial charge in [-0.2, -0.15) is 4.98 Å². The van der Waals surface area contributed by atoms with E-state index < -0.39 is 22.0 Å². The van der Waals surface area contributed by atoms with Crippen molar-refractivity contribution >= 4 is 27.8 Å². The van der Waals surface area contributed by atoms with Gasteiger partial charge in [0.2, 0.25) is 17.7 Å². The molecule has 0 unspecified atom stereocenters. The molecule has 1 spiro atoms. The summed E-state index contributed by atoms with van der Waals surface area (Å²) in [6, 6.07) is 13.0. The fourth-order valence-electron chi connectivity index (χ4n) is 7.03. The highest BCUT2D eigenvalue weighted by molar-refractivity contribution is 7.92. The van der Waals surface area contributed by atoms with Gasteiger partial charge in [-0.15, -0.1) is 0 Å². The molecule has 46 heavy (non-hydrogen) atoms. The van der Waals surface area contributed by atoms with E-state index in [1.807, 2.05) is 36.9 Å². The fourth-order valence-corrected chi connectivity index (χ4v) is 8.01. The van der Waals surface area contributed by atoms with Gasteiger partial charge in [-0.25, -0.2) is 18.1 Å². The predicted octanol–water partition coefficient (Wildman–Crippen LogP) is 5.60. The van der Waals surface area contributed by atoms with E-state index in [9.17, 15) is 18.0 Å². The van der Waals surface area contributed by atoms with Gasteiger partial charge in [-0.3, -0.25) is 9.59 Å². The molecule has 3 heterocycles. The number of hydrogen-bond acceptors (Lipinski definition) is 7. The molecular weight excluding hydrogens is 602 g/mol. The molecule has 6 rings (SSSR count). The third-order valence-corrected chi connectivity index (χ3v) is 10.9. The molecule has 1 saturated carbocycles.